The smallest absolute Gasteiger partial charge is 0.245 e. The van der Waals surface area contributed by atoms with Crippen molar-refractivity contribution in [3.63, 3.8) is 0 Å². The third-order valence-electron chi connectivity index (χ3n) is 4.90. The number of methoxy groups -OCH3 is 1. The number of hydrogen-bond acceptors (Lipinski definition) is 7. The Labute approximate surface area is 141 Å². The van der Waals surface area contributed by atoms with Crippen LogP contribution in [0, 0.1) is 6.92 Å². The Morgan fingerprint density at radius 3 is 3.00 bits per heavy atom. The van der Waals surface area contributed by atoms with Crippen LogP contribution in [0.3, 0.4) is 0 Å². The Morgan fingerprint density at radius 1 is 1.29 bits per heavy atom. The molecule has 0 amide bonds. The molecule has 0 spiro atoms. The van der Waals surface area contributed by atoms with E-state index < -0.39 is 0 Å². The van der Waals surface area contributed by atoms with Crippen LogP contribution in [0.25, 0.3) is 0 Å². The van der Waals surface area contributed by atoms with Crippen LogP contribution in [-0.2, 0) is 11.3 Å². The van der Waals surface area contributed by atoms with Gasteiger partial charge >= 0.3 is 0 Å². The minimum absolute atomic E-state index is 0.0691. The summed E-state index contributed by atoms with van der Waals surface area (Å²) in [6, 6.07) is 4.46. The van der Waals surface area contributed by atoms with Crippen LogP contribution in [0.2, 0.25) is 0 Å². The second-order valence-electron chi connectivity index (χ2n) is 6.40. The minimum Gasteiger partial charge on any atom is -0.481 e. The van der Waals surface area contributed by atoms with E-state index in [9.17, 15) is 0 Å². The Bertz CT molecular complexity index is 705. The summed E-state index contributed by atoms with van der Waals surface area (Å²) in [5.74, 6) is 1.91. The van der Waals surface area contributed by atoms with Crippen molar-refractivity contribution in [3.8, 4) is 5.88 Å². The van der Waals surface area contributed by atoms with Gasteiger partial charge in [0.2, 0.25) is 17.7 Å². The lowest BCUT2D eigenvalue weighted by atomic mass is 9.99. The van der Waals surface area contributed by atoms with Gasteiger partial charge in [-0.15, -0.1) is 10.2 Å². The van der Waals surface area contributed by atoms with Crippen molar-refractivity contribution in [2.24, 2.45) is 0 Å². The summed E-state index contributed by atoms with van der Waals surface area (Å²) in [6.45, 7) is 3.66. The lowest BCUT2D eigenvalue weighted by Crippen LogP contribution is -2.40. The molecule has 2 aliphatic heterocycles. The van der Waals surface area contributed by atoms with Gasteiger partial charge in [-0.05, 0) is 25.3 Å². The highest BCUT2D eigenvalue weighted by molar-refractivity contribution is 5.25. The SMILES string of the molecule is COc1ncccc1CN1CC[C@H]2O[C@@H](c3nnc(C)o3)CC[C@H]21. The van der Waals surface area contributed by atoms with Crippen LogP contribution in [-0.4, -0.2) is 45.9 Å². The molecule has 0 aromatic carbocycles. The Morgan fingerprint density at radius 2 is 2.21 bits per heavy atom. The van der Waals surface area contributed by atoms with Gasteiger partial charge in [0.05, 0.1) is 13.2 Å². The Balaban J connectivity index is 1.43. The van der Waals surface area contributed by atoms with Crippen molar-refractivity contribution in [1.29, 1.82) is 0 Å². The zero-order valence-corrected chi connectivity index (χ0v) is 14.0. The maximum Gasteiger partial charge on any atom is 0.245 e. The molecule has 0 unspecified atom stereocenters. The van der Waals surface area contributed by atoms with Gasteiger partial charge < -0.3 is 13.9 Å². The van der Waals surface area contributed by atoms with Gasteiger partial charge in [-0.25, -0.2) is 4.98 Å². The molecule has 24 heavy (non-hydrogen) atoms. The second kappa shape index (κ2) is 6.49. The molecule has 0 bridgehead atoms. The summed E-state index contributed by atoms with van der Waals surface area (Å²) < 4.78 is 17.2. The highest BCUT2D eigenvalue weighted by Crippen LogP contribution is 2.38. The third-order valence-corrected chi connectivity index (χ3v) is 4.90. The number of rotatable bonds is 4. The number of aromatic nitrogens is 3. The standard InChI is InChI=1S/C17H22N4O3/c1-11-19-20-17(23-11)15-6-5-13-14(24-15)7-9-21(13)10-12-4-3-8-18-16(12)22-2/h3-4,8,13-15H,5-7,9-10H2,1-2H3/t13-,14-,15-/m1/s1. The number of fused-ring (bicyclic) bond motifs is 1. The van der Waals surface area contributed by atoms with Gasteiger partial charge in [-0.3, -0.25) is 4.90 Å². The molecule has 3 atom stereocenters. The summed E-state index contributed by atoms with van der Waals surface area (Å²) >= 11 is 0. The van der Waals surface area contributed by atoms with Gasteiger partial charge in [0, 0.05) is 37.8 Å². The van der Waals surface area contributed by atoms with Gasteiger partial charge in [0.25, 0.3) is 0 Å². The Hall–Kier alpha value is -1.99. The molecule has 0 N–H and O–H groups in total. The van der Waals surface area contributed by atoms with E-state index in [-0.39, 0.29) is 12.2 Å². The maximum atomic E-state index is 6.25. The molecular weight excluding hydrogens is 308 g/mol. The molecule has 2 aromatic rings. The molecule has 7 heteroatoms. The van der Waals surface area contributed by atoms with Crippen molar-refractivity contribution < 1.29 is 13.9 Å². The molecule has 7 nitrogen and oxygen atoms in total. The number of ether oxygens (including phenoxy) is 2. The van der Waals surface area contributed by atoms with E-state index in [0.717, 1.165) is 37.9 Å². The second-order valence-corrected chi connectivity index (χ2v) is 6.40. The van der Waals surface area contributed by atoms with E-state index in [1.807, 2.05) is 6.07 Å². The zero-order valence-electron chi connectivity index (χ0n) is 14.0. The summed E-state index contributed by atoms with van der Waals surface area (Å²) in [6.07, 6.45) is 4.91. The normalized spacial score (nSPS) is 27.2. The summed E-state index contributed by atoms with van der Waals surface area (Å²) in [5.41, 5.74) is 1.12. The van der Waals surface area contributed by atoms with Crippen LogP contribution in [0.5, 0.6) is 5.88 Å². The van der Waals surface area contributed by atoms with E-state index in [1.165, 1.54) is 0 Å². The molecule has 4 heterocycles. The fourth-order valence-electron chi connectivity index (χ4n) is 3.78. The predicted molar refractivity (Wildman–Crippen MR) is 85.5 cm³/mol. The van der Waals surface area contributed by atoms with E-state index in [2.05, 4.69) is 26.1 Å². The lowest BCUT2D eigenvalue weighted by molar-refractivity contribution is -0.0818. The van der Waals surface area contributed by atoms with Crippen LogP contribution in [0.1, 0.15) is 42.7 Å². The average molecular weight is 330 g/mol. The molecule has 0 saturated carbocycles. The third kappa shape index (κ3) is 2.89. The van der Waals surface area contributed by atoms with Gasteiger partial charge in [0.1, 0.15) is 6.10 Å². The van der Waals surface area contributed by atoms with E-state index in [1.54, 1.807) is 20.2 Å². The van der Waals surface area contributed by atoms with Crippen molar-refractivity contribution in [3.05, 3.63) is 35.7 Å². The fourth-order valence-corrected chi connectivity index (χ4v) is 3.78. The Kier molecular flexibility index (Phi) is 4.20. The average Bonchev–Trinajstić information content (AvgIpc) is 3.21. The van der Waals surface area contributed by atoms with E-state index >= 15 is 0 Å². The molecule has 0 radical (unpaired) electrons. The molecule has 4 rings (SSSR count). The van der Waals surface area contributed by atoms with E-state index in [4.69, 9.17) is 13.9 Å². The van der Waals surface area contributed by atoms with Crippen molar-refractivity contribution >= 4 is 0 Å². The van der Waals surface area contributed by atoms with Crippen molar-refractivity contribution in [1.82, 2.24) is 20.1 Å². The van der Waals surface area contributed by atoms with Crippen molar-refractivity contribution in [2.75, 3.05) is 13.7 Å². The van der Waals surface area contributed by atoms with Gasteiger partial charge in [-0.2, -0.15) is 0 Å². The summed E-state index contributed by atoms with van der Waals surface area (Å²) in [7, 11) is 1.67. The number of hydrogen-bond donors (Lipinski definition) is 0. The number of nitrogens with zero attached hydrogens (tertiary/aromatic N) is 4. The topological polar surface area (TPSA) is 73.5 Å². The lowest BCUT2D eigenvalue weighted by Gasteiger charge is -2.34. The van der Waals surface area contributed by atoms with Gasteiger partial charge in [0.15, 0.2) is 0 Å². The molecule has 0 aliphatic carbocycles. The van der Waals surface area contributed by atoms with Crippen LogP contribution in [0.4, 0.5) is 0 Å². The minimum atomic E-state index is -0.0691. The molecule has 128 valence electrons. The molecule has 2 saturated heterocycles. The highest BCUT2D eigenvalue weighted by Gasteiger charge is 2.41. The zero-order chi connectivity index (χ0) is 16.5. The first kappa shape index (κ1) is 15.5. The first-order chi connectivity index (χ1) is 11.7. The van der Waals surface area contributed by atoms with E-state index in [0.29, 0.717) is 23.7 Å². The van der Waals surface area contributed by atoms with Gasteiger partial charge in [-0.1, -0.05) is 6.07 Å². The molecule has 2 aliphatic rings. The monoisotopic (exact) mass is 330 g/mol. The van der Waals surface area contributed by atoms with Crippen LogP contribution < -0.4 is 4.74 Å². The summed E-state index contributed by atoms with van der Waals surface area (Å²) in [5, 5.41) is 8.02. The number of likely N-dealkylation sites (tertiary alicyclic amines) is 1. The molecule has 2 fully saturated rings. The van der Waals surface area contributed by atoms with Crippen LogP contribution >= 0.6 is 0 Å². The fraction of sp³-hybridized carbons (Fsp3) is 0.588. The number of pyridine rings is 1. The highest BCUT2D eigenvalue weighted by atomic mass is 16.5. The number of aryl methyl sites for hydroxylation is 1. The van der Waals surface area contributed by atoms with Crippen molar-refractivity contribution in [2.45, 2.75) is 51.0 Å². The van der Waals surface area contributed by atoms with Crippen LogP contribution in [0.15, 0.2) is 22.7 Å². The first-order valence-electron chi connectivity index (χ1n) is 8.42. The summed E-state index contributed by atoms with van der Waals surface area (Å²) in [4.78, 5) is 6.76. The molecular formula is C17H22N4O3. The predicted octanol–water partition coefficient (Wildman–Crippen LogP) is 2.28. The molecule has 2 aromatic heterocycles. The first-order valence-corrected chi connectivity index (χ1v) is 8.42. The maximum absolute atomic E-state index is 6.25. The quantitative estimate of drug-likeness (QED) is 0.851. The largest absolute Gasteiger partial charge is 0.481 e.